The summed E-state index contributed by atoms with van der Waals surface area (Å²) in [4.78, 5) is 12.9. The molecule has 0 aliphatic carbocycles. The first kappa shape index (κ1) is 23.3. The number of anilines is 1. The van der Waals surface area contributed by atoms with E-state index < -0.39 is 10.0 Å². The molecule has 1 heterocycles. The van der Waals surface area contributed by atoms with Crippen LogP contribution in [0.4, 0.5) is 5.69 Å². The zero-order valence-electron chi connectivity index (χ0n) is 18.5. The van der Waals surface area contributed by atoms with Gasteiger partial charge in [-0.2, -0.15) is 0 Å². The number of rotatable bonds is 9. The van der Waals surface area contributed by atoms with Gasteiger partial charge in [0.1, 0.15) is 0 Å². The number of amides is 1. The number of benzene rings is 2. The van der Waals surface area contributed by atoms with E-state index in [1.54, 1.807) is 25.1 Å². The lowest BCUT2D eigenvalue weighted by Crippen LogP contribution is -2.38. The summed E-state index contributed by atoms with van der Waals surface area (Å²) in [5, 5.41) is 3.00. The van der Waals surface area contributed by atoms with Crippen LogP contribution in [0.2, 0.25) is 0 Å². The summed E-state index contributed by atoms with van der Waals surface area (Å²) in [5.74, 6) is 0.00682. The molecule has 0 radical (unpaired) electrons. The molecule has 2 aromatic rings. The van der Waals surface area contributed by atoms with Crippen LogP contribution >= 0.6 is 0 Å². The smallest absolute Gasteiger partial charge is 0.261 e. The number of sulfonamides is 1. The number of hydrogen-bond donors (Lipinski definition) is 2. The zero-order chi connectivity index (χ0) is 22.4. The first-order chi connectivity index (χ1) is 14.8. The van der Waals surface area contributed by atoms with Crippen molar-refractivity contribution in [2.24, 2.45) is 5.92 Å². The molecule has 2 aromatic carbocycles. The molecule has 1 saturated heterocycles. The Balaban J connectivity index is 1.73. The van der Waals surface area contributed by atoms with Gasteiger partial charge in [-0.25, -0.2) is 8.42 Å². The van der Waals surface area contributed by atoms with Gasteiger partial charge in [-0.05, 0) is 68.5 Å². The highest BCUT2D eigenvalue weighted by molar-refractivity contribution is 7.92. The van der Waals surface area contributed by atoms with E-state index >= 15 is 0 Å². The number of carbonyl (C=O) groups excluding carboxylic acids is 1. The summed E-state index contributed by atoms with van der Waals surface area (Å²) in [7, 11) is -3.81. The van der Waals surface area contributed by atoms with Crippen LogP contribution in [-0.2, 0) is 21.2 Å². The number of aryl methyl sites for hydroxylation is 2. The molecule has 1 aliphatic heterocycles. The monoisotopic (exact) mass is 444 g/mol. The molecule has 31 heavy (non-hydrogen) atoms. The molecule has 168 valence electrons. The normalized spacial score (nSPS) is 17.3. The van der Waals surface area contributed by atoms with Crippen LogP contribution < -0.4 is 10.0 Å². The number of nitrogens with one attached hydrogen (secondary N) is 2. The summed E-state index contributed by atoms with van der Waals surface area (Å²) >= 11 is 0. The number of unbranched alkanes of at least 4 members (excludes halogenated alkanes) is 1. The fourth-order valence-electron chi connectivity index (χ4n) is 3.70. The molecule has 0 spiro atoms. The molecule has 0 aromatic heterocycles. The van der Waals surface area contributed by atoms with Gasteiger partial charge >= 0.3 is 0 Å². The maximum Gasteiger partial charge on any atom is 0.261 e. The van der Waals surface area contributed by atoms with E-state index in [0.29, 0.717) is 24.5 Å². The van der Waals surface area contributed by atoms with Gasteiger partial charge in [-0.15, -0.1) is 0 Å². The van der Waals surface area contributed by atoms with Gasteiger partial charge in [0.25, 0.3) is 15.9 Å². The zero-order valence-corrected chi connectivity index (χ0v) is 19.3. The van der Waals surface area contributed by atoms with Crippen molar-refractivity contribution < 1.29 is 17.9 Å². The molecule has 1 aliphatic rings. The lowest BCUT2D eigenvalue weighted by Gasteiger charge is -2.20. The molecule has 0 saturated carbocycles. The number of carbonyl (C=O) groups is 1. The third-order valence-corrected chi connectivity index (χ3v) is 7.20. The Bertz CT molecular complexity index is 997. The van der Waals surface area contributed by atoms with Crippen LogP contribution in [0.25, 0.3) is 0 Å². The van der Waals surface area contributed by atoms with E-state index in [9.17, 15) is 13.2 Å². The molecular weight excluding hydrogens is 412 g/mol. The lowest BCUT2D eigenvalue weighted by atomic mass is 10.00. The van der Waals surface area contributed by atoms with Gasteiger partial charge in [0.05, 0.1) is 11.5 Å². The van der Waals surface area contributed by atoms with Gasteiger partial charge in [-0.3, -0.25) is 9.52 Å². The maximum absolute atomic E-state index is 12.9. The minimum Gasteiger partial charge on any atom is -0.381 e. The largest absolute Gasteiger partial charge is 0.381 e. The summed E-state index contributed by atoms with van der Waals surface area (Å²) in [6, 6.07) is 12.0. The summed E-state index contributed by atoms with van der Waals surface area (Å²) < 4.78 is 33.8. The molecular formula is C24H32N2O4S. The Morgan fingerprint density at radius 2 is 1.94 bits per heavy atom. The Kier molecular flexibility index (Phi) is 7.73. The van der Waals surface area contributed by atoms with Crippen LogP contribution in [0.15, 0.2) is 47.4 Å². The fraction of sp³-hybridized carbons (Fsp3) is 0.458. The molecule has 7 heteroatoms. The first-order valence-corrected chi connectivity index (χ1v) is 12.4. The Morgan fingerprint density at radius 3 is 2.58 bits per heavy atom. The number of hydrogen-bond acceptors (Lipinski definition) is 4. The third kappa shape index (κ3) is 6.08. The minimum atomic E-state index is -3.81. The van der Waals surface area contributed by atoms with E-state index in [1.807, 2.05) is 19.1 Å². The van der Waals surface area contributed by atoms with E-state index in [4.69, 9.17) is 4.74 Å². The van der Waals surface area contributed by atoms with Crippen molar-refractivity contribution in [3.63, 3.8) is 0 Å². The average Bonchev–Trinajstić information content (AvgIpc) is 3.28. The second kappa shape index (κ2) is 10.3. The molecule has 2 atom stereocenters. The molecule has 6 nitrogen and oxygen atoms in total. The lowest BCUT2D eigenvalue weighted by molar-refractivity contribution is 0.0921. The molecule has 1 amide bonds. The van der Waals surface area contributed by atoms with Crippen molar-refractivity contribution in [1.29, 1.82) is 0 Å². The number of ether oxygens (including phenoxy) is 1. The Labute approximate surface area is 185 Å². The van der Waals surface area contributed by atoms with E-state index in [2.05, 4.69) is 17.0 Å². The highest BCUT2D eigenvalue weighted by atomic mass is 32.2. The van der Waals surface area contributed by atoms with Crippen LogP contribution in [0.3, 0.4) is 0 Å². The predicted molar refractivity (Wildman–Crippen MR) is 123 cm³/mol. The fourth-order valence-corrected chi connectivity index (χ4v) is 4.78. The Hall–Kier alpha value is -2.38. The van der Waals surface area contributed by atoms with Gasteiger partial charge in [0.15, 0.2) is 0 Å². The molecule has 0 bridgehead atoms. The van der Waals surface area contributed by atoms with Crippen LogP contribution in [-0.4, -0.2) is 33.6 Å². The van der Waals surface area contributed by atoms with Crippen molar-refractivity contribution >= 4 is 21.6 Å². The van der Waals surface area contributed by atoms with Crippen molar-refractivity contribution in [3.05, 3.63) is 59.2 Å². The molecule has 3 rings (SSSR count). The SMILES string of the molecule is CCCCc1ccc(NS(=O)(=O)c2ccc(C)c(C(=O)NC(C)C3CCOC3)c2)cc1. The molecule has 2 unspecified atom stereocenters. The average molecular weight is 445 g/mol. The van der Waals surface area contributed by atoms with Crippen molar-refractivity contribution in [3.8, 4) is 0 Å². The quantitative estimate of drug-likeness (QED) is 0.604. The van der Waals surface area contributed by atoms with Crippen molar-refractivity contribution in [1.82, 2.24) is 5.32 Å². The molecule has 1 fully saturated rings. The van der Waals surface area contributed by atoms with Gasteiger partial charge in [0, 0.05) is 29.8 Å². The summed E-state index contributed by atoms with van der Waals surface area (Å²) in [6.07, 6.45) is 4.11. The minimum absolute atomic E-state index is 0.0426. The second-order valence-electron chi connectivity index (χ2n) is 8.27. The van der Waals surface area contributed by atoms with Gasteiger partial charge in [0.2, 0.25) is 0 Å². The molecule has 2 N–H and O–H groups in total. The van der Waals surface area contributed by atoms with E-state index in [-0.39, 0.29) is 22.8 Å². The van der Waals surface area contributed by atoms with Crippen molar-refractivity contribution in [2.75, 3.05) is 17.9 Å². The summed E-state index contributed by atoms with van der Waals surface area (Å²) in [6.45, 7) is 7.25. The first-order valence-electron chi connectivity index (χ1n) is 10.9. The van der Waals surface area contributed by atoms with Crippen LogP contribution in [0, 0.1) is 12.8 Å². The topological polar surface area (TPSA) is 84.5 Å². The predicted octanol–water partition coefficient (Wildman–Crippen LogP) is 4.29. The van der Waals surface area contributed by atoms with E-state index in [1.165, 1.54) is 17.7 Å². The van der Waals surface area contributed by atoms with Crippen LogP contribution in [0.5, 0.6) is 0 Å². The van der Waals surface area contributed by atoms with Gasteiger partial charge < -0.3 is 10.1 Å². The van der Waals surface area contributed by atoms with Crippen molar-refractivity contribution in [2.45, 2.75) is 57.4 Å². The van der Waals surface area contributed by atoms with E-state index in [0.717, 1.165) is 31.2 Å². The second-order valence-corrected chi connectivity index (χ2v) is 9.95. The maximum atomic E-state index is 12.9. The third-order valence-electron chi connectivity index (χ3n) is 5.82. The highest BCUT2D eigenvalue weighted by Crippen LogP contribution is 2.21. The van der Waals surface area contributed by atoms with Crippen LogP contribution in [0.1, 0.15) is 54.6 Å². The highest BCUT2D eigenvalue weighted by Gasteiger charge is 2.25. The Morgan fingerprint density at radius 1 is 1.19 bits per heavy atom. The van der Waals surface area contributed by atoms with Gasteiger partial charge in [-0.1, -0.05) is 31.5 Å². The standard InChI is InChI=1S/C24H32N2O4S/c1-4-5-6-19-8-10-21(11-9-19)26-31(28,29)22-12-7-17(2)23(15-22)24(27)25-18(3)20-13-14-30-16-20/h7-12,15,18,20,26H,4-6,13-14,16H2,1-3H3,(H,25,27). The summed E-state index contributed by atoms with van der Waals surface area (Å²) in [5.41, 5.74) is 2.78.